The van der Waals surface area contributed by atoms with E-state index < -0.39 is 22.7 Å². The molecule has 6 nitrogen and oxygen atoms in total. The summed E-state index contributed by atoms with van der Waals surface area (Å²) in [6, 6.07) is 1.99. The number of hydrogen-bond acceptors (Lipinski definition) is 4. The predicted octanol–water partition coefficient (Wildman–Crippen LogP) is 3.19. The van der Waals surface area contributed by atoms with Gasteiger partial charge < -0.3 is 19.5 Å². The van der Waals surface area contributed by atoms with E-state index >= 15 is 0 Å². The molecule has 1 saturated heterocycles. The van der Waals surface area contributed by atoms with E-state index in [0.29, 0.717) is 31.0 Å². The molecule has 1 amide bonds. The molecule has 4 atom stereocenters. The van der Waals surface area contributed by atoms with Crippen LogP contribution < -0.4 is 10.9 Å². The Kier molecular flexibility index (Phi) is 6.48. The van der Waals surface area contributed by atoms with Crippen LogP contribution in [0.3, 0.4) is 0 Å². The number of aromatic nitrogens is 1. The number of fused-ring (bicyclic) bond motifs is 1. The van der Waals surface area contributed by atoms with Gasteiger partial charge in [-0.3, -0.25) is 9.59 Å². The zero-order chi connectivity index (χ0) is 24.0. The minimum atomic E-state index is -4.60. The summed E-state index contributed by atoms with van der Waals surface area (Å²) in [6.07, 6.45) is 0.973. The van der Waals surface area contributed by atoms with Gasteiger partial charge >= 0.3 is 6.18 Å². The molecule has 2 aliphatic heterocycles. The number of pyridine rings is 1. The Balaban J connectivity index is 1.52. The molecule has 1 aromatic heterocycles. The number of nitrogens with zero attached hydrogens (tertiary/aromatic N) is 2. The van der Waals surface area contributed by atoms with E-state index in [1.54, 1.807) is 4.90 Å². The Hall–Kier alpha value is -2.13. The molecular formula is C24H32F3N3O3. The third-order valence-corrected chi connectivity index (χ3v) is 7.46. The lowest BCUT2D eigenvalue weighted by molar-refractivity contribution is -0.143. The maximum absolute atomic E-state index is 13.8. The Morgan fingerprint density at radius 3 is 2.70 bits per heavy atom. The van der Waals surface area contributed by atoms with Gasteiger partial charge in [0.2, 0.25) is 5.91 Å². The average Bonchev–Trinajstić information content (AvgIpc) is 3.19. The van der Waals surface area contributed by atoms with Crippen molar-refractivity contribution in [3.63, 3.8) is 0 Å². The molecule has 9 heteroatoms. The van der Waals surface area contributed by atoms with Gasteiger partial charge in [0, 0.05) is 43.5 Å². The Bertz CT molecular complexity index is 987. The standard InChI is InChI=1S/C24H32F3N3O3/c1-15(2)23(6-4-18(12-23)28-20-5-9-33-14-16(20)3)22(32)29-7-8-30-19(13-29)10-17(11-21(30)31)24(25,26)27/h4,6,10-11,15-16,18,20,28H,5,7-9,12-14H2,1-3H3/t16-,18+,20+,23-/m0/s1. The molecule has 1 N–H and O–H groups in total. The molecule has 4 rings (SSSR count). The summed E-state index contributed by atoms with van der Waals surface area (Å²) in [4.78, 5) is 27.6. The van der Waals surface area contributed by atoms with E-state index in [0.717, 1.165) is 25.7 Å². The number of alkyl halides is 3. The van der Waals surface area contributed by atoms with E-state index in [4.69, 9.17) is 4.74 Å². The number of rotatable bonds is 4. The van der Waals surface area contributed by atoms with Crippen molar-refractivity contribution in [3.05, 3.63) is 45.9 Å². The van der Waals surface area contributed by atoms with Crippen LogP contribution in [0.2, 0.25) is 0 Å². The van der Waals surface area contributed by atoms with Gasteiger partial charge in [0.25, 0.3) is 5.56 Å². The van der Waals surface area contributed by atoms with Crippen molar-refractivity contribution in [1.82, 2.24) is 14.8 Å². The highest BCUT2D eigenvalue weighted by Crippen LogP contribution is 2.42. The van der Waals surface area contributed by atoms with Crippen LogP contribution in [0.25, 0.3) is 0 Å². The van der Waals surface area contributed by atoms with Crippen LogP contribution in [0, 0.1) is 17.3 Å². The van der Waals surface area contributed by atoms with Crippen LogP contribution in [-0.4, -0.2) is 47.2 Å². The lowest BCUT2D eigenvalue weighted by atomic mass is 9.74. The number of halogens is 3. The molecule has 1 aromatic rings. The van der Waals surface area contributed by atoms with Crippen LogP contribution in [0.15, 0.2) is 29.1 Å². The van der Waals surface area contributed by atoms with Gasteiger partial charge in [0.15, 0.2) is 0 Å². The van der Waals surface area contributed by atoms with Crippen molar-refractivity contribution in [2.45, 2.75) is 65.0 Å². The summed E-state index contributed by atoms with van der Waals surface area (Å²) in [6.45, 7) is 8.09. The topological polar surface area (TPSA) is 63.6 Å². The van der Waals surface area contributed by atoms with E-state index in [2.05, 4.69) is 18.3 Å². The SMILES string of the molecule is CC(C)[C@]1(C(=O)N2CCn3c(cc(C(F)(F)F)cc3=O)C2)C=C[C@@H](N[C@@H]2CCOC[C@@H]2C)C1. The van der Waals surface area contributed by atoms with Crippen molar-refractivity contribution < 1.29 is 22.7 Å². The molecule has 3 heterocycles. The van der Waals surface area contributed by atoms with Crippen molar-refractivity contribution in [2.75, 3.05) is 19.8 Å². The van der Waals surface area contributed by atoms with Gasteiger partial charge in [0.05, 0.1) is 24.1 Å². The summed E-state index contributed by atoms with van der Waals surface area (Å²) in [5.74, 6) is 0.316. The van der Waals surface area contributed by atoms with Gasteiger partial charge in [0.1, 0.15) is 0 Å². The third-order valence-electron chi connectivity index (χ3n) is 7.46. The molecule has 1 aliphatic carbocycles. The quantitative estimate of drug-likeness (QED) is 0.691. The molecule has 0 bridgehead atoms. The molecular weight excluding hydrogens is 435 g/mol. The maximum Gasteiger partial charge on any atom is 0.416 e. The minimum Gasteiger partial charge on any atom is -0.381 e. The highest BCUT2D eigenvalue weighted by Gasteiger charge is 2.47. The smallest absolute Gasteiger partial charge is 0.381 e. The van der Waals surface area contributed by atoms with E-state index in [9.17, 15) is 22.8 Å². The van der Waals surface area contributed by atoms with Gasteiger partial charge in [-0.25, -0.2) is 0 Å². The first-order valence-electron chi connectivity index (χ1n) is 11.6. The molecule has 0 radical (unpaired) electrons. The van der Waals surface area contributed by atoms with Gasteiger partial charge in [-0.05, 0) is 30.7 Å². The van der Waals surface area contributed by atoms with E-state index in [1.807, 2.05) is 19.9 Å². The second-order valence-corrected chi connectivity index (χ2v) is 9.93. The van der Waals surface area contributed by atoms with Crippen molar-refractivity contribution in [3.8, 4) is 0 Å². The third kappa shape index (κ3) is 4.62. The number of carbonyl (C=O) groups is 1. The summed E-state index contributed by atoms with van der Waals surface area (Å²) in [5, 5.41) is 3.67. The van der Waals surface area contributed by atoms with Crippen LogP contribution in [0.5, 0.6) is 0 Å². The van der Waals surface area contributed by atoms with Gasteiger partial charge in [-0.1, -0.05) is 32.9 Å². The van der Waals surface area contributed by atoms with E-state index in [-0.39, 0.29) is 36.7 Å². The van der Waals surface area contributed by atoms with Crippen LogP contribution in [0.4, 0.5) is 13.2 Å². The summed E-state index contributed by atoms with van der Waals surface area (Å²) in [5.41, 5.74) is -2.15. The average molecular weight is 468 g/mol. The zero-order valence-corrected chi connectivity index (χ0v) is 19.3. The van der Waals surface area contributed by atoms with E-state index in [1.165, 1.54) is 4.57 Å². The molecule has 0 spiro atoms. The Labute approximate surface area is 191 Å². The molecule has 182 valence electrons. The summed E-state index contributed by atoms with van der Waals surface area (Å²) >= 11 is 0. The Morgan fingerprint density at radius 1 is 1.27 bits per heavy atom. The monoisotopic (exact) mass is 467 g/mol. The first-order chi connectivity index (χ1) is 15.5. The largest absolute Gasteiger partial charge is 0.416 e. The molecule has 0 saturated carbocycles. The number of carbonyl (C=O) groups excluding carboxylic acids is 1. The lowest BCUT2D eigenvalue weighted by Crippen LogP contribution is -2.51. The number of hydrogen-bond donors (Lipinski definition) is 1. The maximum atomic E-state index is 13.8. The molecule has 3 aliphatic rings. The van der Waals surface area contributed by atoms with Gasteiger partial charge in [-0.15, -0.1) is 0 Å². The second-order valence-electron chi connectivity index (χ2n) is 9.93. The fraction of sp³-hybridized carbons (Fsp3) is 0.667. The second kappa shape index (κ2) is 8.91. The normalized spacial score (nSPS) is 30.0. The van der Waals surface area contributed by atoms with Crippen molar-refractivity contribution >= 4 is 5.91 Å². The zero-order valence-electron chi connectivity index (χ0n) is 19.3. The molecule has 0 aromatic carbocycles. The number of nitrogens with one attached hydrogen (secondary N) is 1. The van der Waals surface area contributed by atoms with Crippen LogP contribution >= 0.6 is 0 Å². The van der Waals surface area contributed by atoms with Gasteiger partial charge in [-0.2, -0.15) is 13.2 Å². The lowest BCUT2D eigenvalue weighted by Gasteiger charge is -2.40. The number of amides is 1. The highest BCUT2D eigenvalue weighted by atomic mass is 19.4. The summed E-state index contributed by atoms with van der Waals surface area (Å²) < 4.78 is 46.5. The highest BCUT2D eigenvalue weighted by molar-refractivity contribution is 5.86. The Morgan fingerprint density at radius 2 is 2.03 bits per heavy atom. The van der Waals surface area contributed by atoms with Crippen molar-refractivity contribution in [1.29, 1.82) is 0 Å². The first kappa shape index (κ1) is 24.0. The minimum absolute atomic E-state index is 0.00457. The summed E-state index contributed by atoms with van der Waals surface area (Å²) in [7, 11) is 0. The molecule has 1 fully saturated rings. The first-order valence-corrected chi connectivity index (χ1v) is 11.6. The molecule has 0 unspecified atom stereocenters. The fourth-order valence-electron chi connectivity index (χ4n) is 5.30. The van der Waals surface area contributed by atoms with Crippen LogP contribution in [-0.2, 0) is 28.8 Å². The fourth-order valence-corrected chi connectivity index (χ4v) is 5.30. The number of ether oxygens (including phenoxy) is 1. The van der Waals surface area contributed by atoms with Crippen molar-refractivity contribution in [2.24, 2.45) is 17.3 Å². The van der Waals surface area contributed by atoms with Crippen LogP contribution in [0.1, 0.15) is 44.9 Å². The molecule has 33 heavy (non-hydrogen) atoms. The predicted molar refractivity (Wildman–Crippen MR) is 117 cm³/mol.